The predicted octanol–water partition coefficient (Wildman–Crippen LogP) is -1.93. The van der Waals surface area contributed by atoms with Crippen molar-refractivity contribution in [2.24, 2.45) is 11.8 Å². The maximum absolute atomic E-state index is 11.4. The van der Waals surface area contributed by atoms with Gasteiger partial charge in [0.2, 0.25) is 0 Å². The van der Waals surface area contributed by atoms with Crippen molar-refractivity contribution in [2.45, 2.75) is 52.1 Å². The van der Waals surface area contributed by atoms with Gasteiger partial charge in [0.05, 0.1) is 0 Å². The average molecular weight is 279 g/mol. The molecular weight excluding hydrogens is 257 g/mol. The zero-order chi connectivity index (χ0) is 13.8. The van der Waals surface area contributed by atoms with Crippen LogP contribution in [0.5, 0.6) is 0 Å². The van der Waals surface area contributed by atoms with Crippen LogP contribution in [0.4, 0.5) is 4.79 Å². The second kappa shape index (κ2) is 8.12. The van der Waals surface area contributed by atoms with E-state index < -0.39 is 17.7 Å². The topological polar surface area (TPSA) is 78.5 Å². The van der Waals surface area contributed by atoms with Gasteiger partial charge in [-0.25, -0.2) is 4.79 Å². The van der Waals surface area contributed by atoms with Crippen molar-refractivity contribution in [3.8, 4) is 0 Å². The Morgan fingerprint density at radius 3 is 2.16 bits per heavy atom. The molecule has 1 saturated carbocycles. The minimum Gasteiger partial charge on any atom is -0.550 e. The van der Waals surface area contributed by atoms with Gasteiger partial charge in [0.25, 0.3) is 0 Å². The molecule has 0 aromatic rings. The van der Waals surface area contributed by atoms with Gasteiger partial charge in [-0.1, -0.05) is 0 Å². The van der Waals surface area contributed by atoms with Crippen LogP contribution < -0.4 is 40.0 Å². The zero-order valence-electron chi connectivity index (χ0n) is 12.3. The van der Waals surface area contributed by atoms with Crippen molar-refractivity contribution in [1.29, 1.82) is 0 Å². The molecule has 1 N–H and O–H groups in total. The quantitative estimate of drug-likeness (QED) is 0.610. The number of carboxylic acid groups (broad SMARTS) is 1. The second-order valence-electron chi connectivity index (χ2n) is 5.92. The van der Waals surface area contributed by atoms with Crippen LogP contribution in [0.15, 0.2) is 0 Å². The van der Waals surface area contributed by atoms with Crippen molar-refractivity contribution in [1.82, 2.24) is 5.32 Å². The third kappa shape index (κ3) is 7.80. The zero-order valence-corrected chi connectivity index (χ0v) is 14.3. The number of carbonyl (C=O) groups is 2. The number of hydrogen-bond acceptors (Lipinski definition) is 4. The van der Waals surface area contributed by atoms with E-state index in [2.05, 4.69) is 5.32 Å². The Hall–Kier alpha value is -0.260. The average Bonchev–Trinajstić information content (AvgIpc) is 2.24. The van der Waals surface area contributed by atoms with E-state index in [0.717, 1.165) is 12.8 Å². The number of carbonyl (C=O) groups excluding carboxylic acids is 2. The van der Waals surface area contributed by atoms with E-state index in [-0.39, 0.29) is 35.5 Å². The van der Waals surface area contributed by atoms with Gasteiger partial charge < -0.3 is 20.0 Å². The molecule has 0 spiro atoms. The van der Waals surface area contributed by atoms with Crippen LogP contribution in [0.25, 0.3) is 0 Å². The van der Waals surface area contributed by atoms with Crippen LogP contribution in [0.3, 0.4) is 0 Å². The molecule has 0 saturated heterocycles. The molecule has 6 heteroatoms. The molecule has 0 heterocycles. The largest absolute Gasteiger partial charge is 1.00 e. The molecule has 0 radical (unpaired) electrons. The summed E-state index contributed by atoms with van der Waals surface area (Å²) in [7, 11) is 0. The number of ether oxygens (including phenoxy) is 1. The Morgan fingerprint density at radius 1 is 1.21 bits per heavy atom. The van der Waals surface area contributed by atoms with Gasteiger partial charge in [-0.15, -0.1) is 0 Å². The minimum atomic E-state index is -0.950. The molecule has 0 atom stereocenters. The first-order valence-electron chi connectivity index (χ1n) is 6.45. The maximum atomic E-state index is 11.4. The third-order valence-electron chi connectivity index (χ3n) is 3.11. The molecule has 1 aliphatic rings. The van der Waals surface area contributed by atoms with E-state index in [1.807, 2.05) is 20.8 Å². The summed E-state index contributed by atoms with van der Waals surface area (Å²) in [6.45, 7) is 6.00. The fourth-order valence-electron chi connectivity index (χ4n) is 2.14. The van der Waals surface area contributed by atoms with Crippen LogP contribution in [-0.2, 0) is 9.53 Å². The Morgan fingerprint density at radius 2 is 1.74 bits per heavy atom. The summed E-state index contributed by atoms with van der Waals surface area (Å²) in [6.07, 6.45) is 2.50. The number of hydrogen-bond donors (Lipinski definition) is 1. The Bertz CT molecular complexity index is 306. The summed E-state index contributed by atoms with van der Waals surface area (Å²) in [5.74, 6) is -0.926. The van der Waals surface area contributed by atoms with E-state index in [9.17, 15) is 14.7 Å². The summed E-state index contributed by atoms with van der Waals surface area (Å²) in [4.78, 5) is 22.1. The Labute approximate surface area is 136 Å². The number of nitrogens with one attached hydrogen (secondary N) is 1. The summed E-state index contributed by atoms with van der Waals surface area (Å²) in [5, 5.41) is 13.4. The molecular formula is C13H22NNaO4. The first-order chi connectivity index (χ1) is 8.28. The number of carboxylic acids is 1. The van der Waals surface area contributed by atoms with Gasteiger partial charge in [0.15, 0.2) is 0 Å². The molecule has 0 aliphatic heterocycles. The number of amides is 1. The second-order valence-corrected chi connectivity index (χ2v) is 5.92. The Kier molecular flexibility index (Phi) is 8.01. The van der Waals surface area contributed by atoms with Crippen molar-refractivity contribution in [3.05, 3.63) is 0 Å². The minimum absolute atomic E-state index is 0. The monoisotopic (exact) mass is 279 g/mol. The molecule has 1 amide bonds. The summed E-state index contributed by atoms with van der Waals surface area (Å²) in [6, 6.07) is 0. The van der Waals surface area contributed by atoms with Gasteiger partial charge in [-0.3, -0.25) is 0 Å². The molecule has 1 aliphatic carbocycles. The molecule has 0 aromatic heterocycles. The van der Waals surface area contributed by atoms with E-state index >= 15 is 0 Å². The summed E-state index contributed by atoms with van der Waals surface area (Å²) < 4.78 is 5.13. The molecule has 104 valence electrons. The molecule has 1 rings (SSSR count). The van der Waals surface area contributed by atoms with Crippen molar-refractivity contribution in [2.75, 3.05) is 6.54 Å². The van der Waals surface area contributed by atoms with E-state index in [1.54, 1.807) is 0 Å². The molecule has 0 bridgehead atoms. The van der Waals surface area contributed by atoms with E-state index in [4.69, 9.17) is 4.74 Å². The van der Waals surface area contributed by atoms with E-state index in [1.165, 1.54) is 0 Å². The molecule has 19 heavy (non-hydrogen) atoms. The van der Waals surface area contributed by atoms with Crippen LogP contribution >= 0.6 is 0 Å². The van der Waals surface area contributed by atoms with Gasteiger partial charge in [0, 0.05) is 12.5 Å². The third-order valence-corrected chi connectivity index (χ3v) is 3.11. The first-order valence-corrected chi connectivity index (χ1v) is 6.45. The normalized spacial score (nSPS) is 23.1. The van der Waals surface area contributed by atoms with Gasteiger partial charge in [-0.05, 0) is 58.3 Å². The van der Waals surface area contributed by atoms with Crippen LogP contribution in [-0.4, -0.2) is 24.2 Å². The number of aliphatic carboxylic acids is 1. The summed E-state index contributed by atoms with van der Waals surface area (Å²) in [5.41, 5.74) is -0.489. The van der Waals surface area contributed by atoms with Crippen LogP contribution in [0, 0.1) is 11.8 Å². The van der Waals surface area contributed by atoms with Crippen molar-refractivity contribution >= 4 is 12.1 Å². The van der Waals surface area contributed by atoms with Gasteiger partial charge in [0.1, 0.15) is 5.60 Å². The SMILES string of the molecule is CC(C)(C)OC(=O)NC[C@H]1CC[C@H](C(=O)[O-])CC1.[Na+]. The molecule has 5 nitrogen and oxygen atoms in total. The standard InChI is InChI=1S/C13H23NO4.Na/c1-13(2,3)18-12(17)14-8-9-4-6-10(7-5-9)11(15)16;/h9-10H,4-8H2,1-3H3,(H,14,17)(H,15,16);/q;+1/p-1/t9-,10-;. The predicted molar refractivity (Wildman–Crippen MR) is 64.7 cm³/mol. The molecule has 0 aromatic carbocycles. The van der Waals surface area contributed by atoms with Gasteiger partial charge in [-0.2, -0.15) is 0 Å². The number of alkyl carbamates (subject to hydrolysis) is 1. The summed E-state index contributed by atoms with van der Waals surface area (Å²) >= 11 is 0. The van der Waals surface area contributed by atoms with Crippen LogP contribution in [0.1, 0.15) is 46.5 Å². The van der Waals surface area contributed by atoms with Gasteiger partial charge >= 0.3 is 35.7 Å². The fraction of sp³-hybridized carbons (Fsp3) is 0.846. The van der Waals surface area contributed by atoms with Crippen molar-refractivity contribution in [3.63, 3.8) is 0 Å². The van der Waals surface area contributed by atoms with Crippen LogP contribution in [0.2, 0.25) is 0 Å². The van der Waals surface area contributed by atoms with E-state index in [0.29, 0.717) is 25.3 Å². The molecule has 0 unspecified atom stereocenters. The maximum Gasteiger partial charge on any atom is 1.00 e. The Balaban J connectivity index is 0.00000324. The fourth-order valence-corrected chi connectivity index (χ4v) is 2.14. The van der Waals surface area contributed by atoms with Crippen molar-refractivity contribution < 1.29 is 49.0 Å². The number of rotatable bonds is 3. The first kappa shape index (κ1) is 18.7. The molecule has 1 fully saturated rings. The smallest absolute Gasteiger partial charge is 0.550 e.